The number of carbonyl (C=O) groups is 1. The summed E-state index contributed by atoms with van der Waals surface area (Å²) in [5.41, 5.74) is 2.06. The Morgan fingerprint density at radius 1 is 1.18 bits per heavy atom. The molecule has 1 heterocycles. The smallest absolute Gasteiger partial charge is 0.255 e. The van der Waals surface area contributed by atoms with Gasteiger partial charge in [-0.15, -0.1) is 0 Å². The molecule has 2 aromatic carbocycles. The first-order valence-electron chi connectivity index (χ1n) is 8.53. The monoisotopic (exact) mass is 465 g/mol. The average molecular weight is 466 g/mol. The fraction of sp³-hybridized carbons (Fsp3) is 0.263. The standard InChI is InChI=1S/C19H20BrN3O4S/c1-11(2)19-22-15-10-13(6-8-16(15)27-19)21-18(24)12-5-7-14(20)17(9-12)28(25,26)23(3)4/h5-11H,1-4H3,(H,21,24). The largest absolute Gasteiger partial charge is 0.440 e. The lowest BCUT2D eigenvalue weighted by Crippen LogP contribution is -2.23. The summed E-state index contributed by atoms with van der Waals surface area (Å²) in [6, 6.07) is 9.62. The molecule has 0 saturated heterocycles. The zero-order valence-electron chi connectivity index (χ0n) is 15.9. The first-order chi connectivity index (χ1) is 13.1. The molecule has 9 heteroatoms. The highest BCUT2D eigenvalue weighted by atomic mass is 79.9. The molecular weight excluding hydrogens is 446 g/mol. The summed E-state index contributed by atoms with van der Waals surface area (Å²) in [6.07, 6.45) is 0. The maximum Gasteiger partial charge on any atom is 0.255 e. The van der Waals surface area contributed by atoms with Crippen LogP contribution in [0.15, 0.2) is 50.2 Å². The number of halogens is 1. The highest BCUT2D eigenvalue weighted by molar-refractivity contribution is 9.10. The number of anilines is 1. The molecule has 0 spiro atoms. The summed E-state index contributed by atoms with van der Waals surface area (Å²) in [5.74, 6) is 0.366. The molecular formula is C19H20BrN3O4S. The molecule has 1 N–H and O–H groups in total. The molecule has 0 fully saturated rings. The Labute approximate surface area is 171 Å². The zero-order valence-corrected chi connectivity index (χ0v) is 18.3. The Morgan fingerprint density at radius 3 is 2.54 bits per heavy atom. The van der Waals surface area contributed by atoms with Crippen molar-refractivity contribution in [2.45, 2.75) is 24.7 Å². The first-order valence-corrected chi connectivity index (χ1v) is 10.8. The Kier molecular flexibility index (Phi) is 5.60. The lowest BCUT2D eigenvalue weighted by molar-refractivity contribution is 0.102. The number of rotatable bonds is 5. The van der Waals surface area contributed by atoms with Gasteiger partial charge < -0.3 is 9.73 Å². The van der Waals surface area contributed by atoms with Crippen molar-refractivity contribution in [1.29, 1.82) is 0 Å². The number of amides is 1. The van der Waals surface area contributed by atoms with Crippen molar-refractivity contribution in [2.24, 2.45) is 0 Å². The molecule has 0 aliphatic rings. The second-order valence-electron chi connectivity index (χ2n) is 6.78. The predicted octanol–water partition coefficient (Wildman–Crippen LogP) is 4.22. The van der Waals surface area contributed by atoms with Crippen LogP contribution in [-0.4, -0.2) is 37.7 Å². The van der Waals surface area contributed by atoms with Crippen LogP contribution in [0, 0.1) is 0 Å². The molecule has 148 valence electrons. The Bertz CT molecular complexity index is 1150. The highest BCUT2D eigenvalue weighted by Crippen LogP contribution is 2.27. The minimum atomic E-state index is -3.69. The Balaban J connectivity index is 1.90. The lowest BCUT2D eigenvalue weighted by atomic mass is 10.2. The molecule has 1 aromatic heterocycles. The van der Waals surface area contributed by atoms with E-state index in [2.05, 4.69) is 26.2 Å². The third-order valence-electron chi connectivity index (χ3n) is 4.11. The lowest BCUT2D eigenvalue weighted by Gasteiger charge is -2.14. The van der Waals surface area contributed by atoms with Crippen LogP contribution in [-0.2, 0) is 10.0 Å². The summed E-state index contributed by atoms with van der Waals surface area (Å²) in [7, 11) is -0.811. The van der Waals surface area contributed by atoms with E-state index < -0.39 is 15.9 Å². The summed E-state index contributed by atoms with van der Waals surface area (Å²) in [6.45, 7) is 3.97. The van der Waals surface area contributed by atoms with Crippen molar-refractivity contribution in [1.82, 2.24) is 9.29 Å². The third kappa shape index (κ3) is 3.96. The van der Waals surface area contributed by atoms with E-state index in [0.717, 1.165) is 4.31 Å². The first kappa shape index (κ1) is 20.5. The number of oxazole rings is 1. The number of sulfonamides is 1. The van der Waals surface area contributed by atoms with Crippen LogP contribution < -0.4 is 5.32 Å². The molecule has 0 aliphatic heterocycles. The van der Waals surface area contributed by atoms with Gasteiger partial charge in [0, 0.05) is 35.7 Å². The maximum absolute atomic E-state index is 12.6. The van der Waals surface area contributed by atoms with Gasteiger partial charge in [-0.1, -0.05) is 13.8 Å². The molecule has 0 bridgehead atoms. The molecule has 0 saturated carbocycles. The molecule has 3 rings (SSSR count). The number of hydrogen-bond acceptors (Lipinski definition) is 5. The number of nitrogens with zero attached hydrogens (tertiary/aromatic N) is 2. The number of fused-ring (bicyclic) bond motifs is 1. The molecule has 0 aliphatic carbocycles. The van der Waals surface area contributed by atoms with Crippen LogP contribution in [0.25, 0.3) is 11.1 Å². The SMILES string of the molecule is CC(C)c1nc2cc(NC(=O)c3ccc(Br)c(S(=O)(=O)N(C)C)c3)ccc2o1. The van der Waals surface area contributed by atoms with E-state index in [1.807, 2.05) is 13.8 Å². The van der Waals surface area contributed by atoms with E-state index in [4.69, 9.17) is 4.42 Å². The number of benzene rings is 2. The van der Waals surface area contributed by atoms with Crippen molar-refractivity contribution >= 4 is 48.6 Å². The van der Waals surface area contributed by atoms with Gasteiger partial charge in [0.05, 0.1) is 4.90 Å². The summed E-state index contributed by atoms with van der Waals surface area (Å²) >= 11 is 3.24. The maximum atomic E-state index is 12.6. The topological polar surface area (TPSA) is 92.5 Å². The Hall–Kier alpha value is -2.23. The molecule has 7 nitrogen and oxygen atoms in total. The molecule has 3 aromatic rings. The summed E-state index contributed by atoms with van der Waals surface area (Å²) in [4.78, 5) is 17.1. The van der Waals surface area contributed by atoms with Gasteiger partial charge in [0.2, 0.25) is 10.0 Å². The van der Waals surface area contributed by atoms with Gasteiger partial charge in [-0.05, 0) is 52.3 Å². The van der Waals surface area contributed by atoms with Crippen LogP contribution in [0.1, 0.15) is 36.0 Å². The second kappa shape index (κ2) is 7.65. The van der Waals surface area contributed by atoms with E-state index in [1.54, 1.807) is 30.3 Å². The number of aromatic nitrogens is 1. The van der Waals surface area contributed by atoms with Gasteiger partial charge in [-0.2, -0.15) is 0 Å². The van der Waals surface area contributed by atoms with E-state index in [9.17, 15) is 13.2 Å². The minimum absolute atomic E-state index is 0.0266. The number of hydrogen-bond donors (Lipinski definition) is 1. The quantitative estimate of drug-likeness (QED) is 0.608. The van der Waals surface area contributed by atoms with Crippen LogP contribution in [0.5, 0.6) is 0 Å². The van der Waals surface area contributed by atoms with Gasteiger partial charge in [-0.25, -0.2) is 17.7 Å². The predicted molar refractivity (Wildman–Crippen MR) is 111 cm³/mol. The van der Waals surface area contributed by atoms with Crippen LogP contribution in [0.3, 0.4) is 0 Å². The second-order valence-corrected chi connectivity index (χ2v) is 9.75. The zero-order chi connectivity index (χ0) is 20.6. The van der Waals surface area contributed by atoms with E-state index >= 15 is 0 Å². The van der Waals surface area contributed by atoms with Crippen molar-refractivity contribution in [2.75, 3.05) is 19.4 Å². The highest BCUT2D eigenvalue weighted by Gasteiger charge is 2.22. The van der Waals surface area contributed by atoms with Crippen LogP contribution in [0.4, 0.5) is 5.69 Å². The van der Waals surface area contributed by atoms with Gasteiger partial charge in [-0.3, -0.25) is 4.79 Å². The fourth-order valence-electron chi connectivity index (χ4n) is 2.51. The van der Waals surface area contributed by atoms with Crippen molar-refractivity contribution < 1.29 is 17.6 Å². The Morgan fingerprint density at radius 2 is 1.89 bits per heavy atom. The van der Waals surface area contributed by atoms with Gasteiger partial charge >= 0.3 is 0 Å². The van der Waals surface area contributed by atoms with E-state index in [-0.39, 0.29) is 16.4 Å². The van der Waals surface area contributed by atoms with Crippen molar-refractivity contribution in [3.05, 3.63) is 52.3 Å². The molecule has 28 heavy (non-hydrogen) atoms. The molecule has 1 amide bonds. The molecule has 0 atom stereocenters. The number of carbonyl (C=O) groups excluding carboxylic acids is 1. The number of nitrogens with one attached hydrogen (secondary N) is 1. The third-order valence-corrected chi connectivity index (χ3v) is 6.92. The van der Waals surface area contributed by atoms with E-state index in [1.165, 1.54) is 20.2 Å². The molecule has 0 radical (unpaired) electrons. The fourth-order valence-corrected chi connectivity index (χ4v) is 4.36. The summed E-state index contributed by atoms with van der Waals surface area (Å²) < 4.78 is 32.0. The normalized spacial score (nSPS) is 12.1. The van der Waals surface area contributed by atoms with Crippen molar-refractivity contribution in [3.63, 3.8) is 0 Å². The van der Waals surface area contributed by atoms with Gasteiger partial charge in [0.25, 0.3) is 5.91 Å². The van der Waals surface area contributed by atoms with E-state index in [0.29, 0.717) is 27.2 Å². The van der Waals surface area contributed by atoms with Gasteiger partial charge in [0.1, 0.15) is 5.52 Å². The average Bonchev–Trinajstić information content (AvgIpc) is 3.05. The minimum Gasteiger partial charge on any atom is -0.440 e. The summed E-state index contributed by atoms with van der Waals surface area (Å²) in [5, 5.41) is 2.77. The molecule has 0 unspecified atom stereocenters. The van der Waals surface area contributed by atoms with Gasteiger partial charge in [0.15, 0.2) is 11.5 Å². The van der Waals surface area contributed by atoms with Crippen LogP contribution in [0.2, 0.25) is 0 Å². The van der Waals surface area contributed by atoms with Crippen LogP contribution >= 0.6 is 15.9 Å². The van der Waals surface area contributed by atoms with Crippen molar-refractivity contribution in [3.8, 4) is 0 Å².